The minimum atomic E-state index is -3.81. The molecule has 1 unspecified atom stereocenters. The maximum absolute atomic E-state index is 13.1. The lowest BCUT2D eigenvalue weighted by Gasteiger charge is -2.34. The second kappa shape index (κ2) is 6.85. The molecule has 0 radical (unpaired) electrons. The number of ether oxygens (including phenoxy) is 1. The van der Waals surface area contributed by atoms with E-state index in [2.05, 4.69) is 5.32 Å². The third-order valence-electron chi connectivity index (χ3n) is 4.23. The number of carbonyl (C=O) groups excluding carboxylic acids is 1. The molecule has 6 nitrogen and oxygen atoms in total. The lowest BCUT2D eigenvalue weighted by molar-refractivity contribution is -0.126. The van der Waals surface area contributed by atoms with Crippen molar-refractivity contribution in [1.82, 2.24) is 9.62 Å². The van der Waals surface area contributed by atoms with Gasteiger partial charge in [0.25, 0.3) is 0 Å². The predicted octanol–water partition coefficient (Wildman–Crippen LogP) is 1.87. The molecular weight excluding hydrogens is 340 g/mol. The number of rotatable bonds is 4. The van der Waals surface area contributed by atoms with Crippen molar-refractivity contribution in [2.75, 3.05) is 20.2 Å². The van der Waals surface area contributed by atoms with Crippen LogP contribution in [0.15, 0.2) is 53.4 Å². The monoisotopic (exact) mass is 360 g/mol. The minimum Gasteiger partial charge on any atom is -0.497 e. The summed E-state index contributed by atoms with van der Waals surface area (Å²) in [6, 6.07) is 12.6. The molecule has 0 saturated carbocycles. The van der Waals surface area contributed by atoms with Crippen LogP contribution < -0.4 is 10.1 Å². The number of sulfonamides is 1. The Morgan fingerprint density at radius 3 is 2.32 bits per heavy atom. The number of amides is 1. The molecule has 1 aliphatic rings. The predicted molar refractivity (Wildman–Crippen MR) is 93.8 cm³/mol. The average Bonchev–Trinajstić information content (AvgIpc) is 2.62. The number of nitrogens with one attached hydrogen (secondary N) is 1. The van der Waals surface area contributed by atoms with Crippen molar-refractivity contribution in [2.45, 2.75) is 17.9 Å². The zero-order valence-electron chi connectivity index (χ0n) is 14.1. The molecule has 1 amide bonds. The zero-order chi connectivity index (χ0) is 18.0. The minimum absolute atomic E-state index is 0.139. The van der Waals surface area contributed by atoms with Crippen molar-refractivity contribution in [3.05, 3.63) is 59.7 Å². The summed E-state index contributed by atoms with van der Waals surface area (Å²) in [5, 5.41) is 2.75. The highest BCUT2D eigenvalue weighted by Gasteiger charge is 2.39. The van der Waals surface area contributed by atoms with Crippen molar-refractivity contribution in [1.29, 1.82) is 0 Å². The largest absolute Gasteiger partial charge is 0.497 e. The second-order valence-corrected chi connectivity index (χ2v) is 7.79. The van der Waals surface area contributed by atoms with Crippen molar-refractivity contribution in [2.24, 2.45) is 0 Å². The third kappa shape index (κ3) is 3.38. The molecule has 0 spiro atoms. The van der Waals surface area contributed by atoms with Gasteiger partial charge in [-0.3, -0.25) is 4.79 Å². The highest BCUT2D eigenvalue weighted by molar-refractivity contribution is 7.89. The van der Waals surface area contributed by atoms with E-state index in [9.17, 15) is 13.2 Å². The van der Waals surface area contributed by atoms with Crippen LogP contribution in [0.5, 0.6) is 5.75 Å². The highest BCUT2D eigenvalue weighted by atomic mass is 32.2. The highest BCUT2D eigenvalue weighted by Crippen LogP contribution is 2.30. The van der Waals surface area contributed by atoms with Crippen LogP contribution in [0.4, 0.5) is 0 Å². The molecule has 1 saturated heterocycles. The van der Waals surface area contributed by atoms with E-state index in [4.69, 9.17) is 4.74 Å². The first-order valence-corrected chi connectivity index (χ1v) is 9.37. The Balaban J connectivity index is 2.01. The van der Waals surface area contributed by atoms with E-state index in [0.717, 1.165) is 5.56 Å². The van der Waals surface area contributed by atoms with Crippen LogP contribution in [0, 0.1) is 6.92 Å². The van der Waals surface area contributed by atoms with Crippen molar-refractivity contribution >= 4 is 15.9 Å². The number of carbonyl (C=O) groups is 1. The van der Waals surface area contributed by atoms with Gasteiger partial charge >= 0.3 is 0 Å². The Hall–Kier alpha value is -2.38. The Bertz CT molecular complexity index is 861. The van der Waals surface area contributed by atoms with Gasteiger partial charge in [0.05, 0.1) is 12.0 Å². The fourth-order valence-electron chi connectivity index (χ4n) is 2.85. The van der Waals surface area contributed by atoms with Gasteiger partial charge in [-0.15, -0.1) is 0 Å². The van der Waals surface area contributed by atoms with Crippen molar-refractivity contribution in [3.8, 4) is 5.75 Å². The molecule has 1 fully saturated rings. The molecule has 7 heteroatoms. The number of nitrogens with zero attached hydrogens (tertiary/aromatic N) is 1. The maximum atomic E-state index is 13.1. The van der Waals surface area contributed by atoms with Gasteiger partial charge in [-0.05, 0) is 36.8 Å². The number of methoxy groups -OCH3 is 1. The summed E-state index contributed by atoms with van der Waals surface area (Å²) >= 11 is 0. The van der Waals surface area contributed by atoms with E-state index in [1.54, 1.807) is 24.3 Å². The van der Waals surface area contributed by atoms with E-state index in [-0.39, 0.29) is 23.9 Å². The van der Waals surface area contributed by atoms with Gasteiger partial charge in [0.2, 0.25) is 15.9 Å². The fourth-order valence-corrected chi connectivity index (χ4v) is 4.43. The van der Waals surface area contributed by atoms with Gasteiger partial charge in [0.1, 0.15) is 11.8 Å². The topological polar surface area (TPSA) is 75.7 Å². The van der Waals surface area contributed by atoms with Gasteiger partial charge in [0, 0.05) is 13.1 Å². The second-order valence-electron chi connectivity index (χ2n) is 5.90. The van der Waals surface area contributed by atoms with Gasteiger partial charge in [-0.25, -0.2) is 8.42 Å². The summed E-state index contributed by atoms with van der Waals surface area (Å²) in [6.45, 7) is 2.45. The normalized spacial score (nSPS) is 18.6. The Morgan fingerprint density at radius 1 is 1.08 bits per heavy atom. The lowest BCUT2D eigenvalue weighted by Crippen LogP contribution is -2.52. The van der Waals surface area contributed by atoms with Crippen molar-refractivity contribution in [3.63, 3.8) is 0 Å². The molecular formula is C18H20N2O4S. The van der Waals surface area contributed by atoms with Crippen LogP contribution in [0.2, 0.25) is 0 Å². The van der Waals surface area contributed by atoms with E-state index in [1.165, 1.54) is 23.5 Å². The Morgan fingerprint density at radius 2 is 1.72 bits per heavy atom. The molecule has 1 N–H and O–H groups in total. The molecule has 0 bridgehead atoms. The molecule has 2 aromatic rings. The summed E-state index contributed by atoms with van der Waals surface area (Å²) in [5.41, 5.74) is 1.70. The van der Waals surface area contributed by atoms with Gasteiger partial charge in [-0.1, -0.05) is 29.8 Å². The fraction of sp³-hybridized carbons (Fsp3) is 0.278. The summed E-state index contributed by atoms with van der Waals surface area (Å²) in [7, 11) is -2.29. The smallest absolute Gasteiger partial charge is 0.244 e. The van der Waals surface area contributed by atoms with Crippen molar-refractivity contribution < 1.29 is 17.9 Å². The Labute approximate surface area is 147 Å². The van der Waals surface area contributed by atoms with Crippen LogP contribution in [0.25, 0.3) is 0 Å². The third-order valence-corrected chi connectivity index (χ3v) is 6.11. The first kappa shape index (κ1) is 17.4. The van der Waals surface area contributed by atoms with E-state index < -0.39 is 16.1 Å². The van der Waals surface area contributed by atoms with E-state index >= 15 is 0 Å². The lowest BCUT2D eigenvalue weighted by atomic mass is 10.0. The van der Waals surface area contributed by atoms with Crippen LogP contribution in [0.1, 0.15) is 17.2 Å². The van der Waals surface area contributed by atoms with Gasteiger partial charge in [0.15, 0.2) is 0 Å². The molecule has 3 rings (SSSR count). The molecule has 0 aliphatic carbocycles. The standard InChI is InChI=1S/C18H20N2O4S/c1-13-3-5-14(6-4-13)17-18(21)19-11-12-20(17)25(22,23)16-9-7-15(24-2)8-10-16/h3-10,17H,11-12H2,1-2H3,(H,19,21). The Kier molecular flexibility index (Phi) is 4.78. The first-order chi connectivity index (χ1) is 11.9. The summed E-state index contributed by atoms with van der Waals surface area (Å²) in [6.07, 6.45) is 0. The number of hydrogen-bond acceptors (Lipinski definition) is 4. The average molecular weight is 360 g/mol. The molecule has 1 heterocycles. The number of aryl methyl sites for hydroxylation is 1. The first-order valence-electron chi connectivity index (χ1n) is 7.93. The van der Waals surface area contributed by atoms with Gasteiger partial charge < -0.3 is 10.1 Å². The van der Waals surface area contributed by atoms with Crippen LogP contribution in [-0.4, -0.2) is 38.8 Å². The SMILES string of the molecule is COc1ccc(S(=O)(=O)N2CCNC(=O)C2c2ccc(C)cc2)cc1. The number of piperazine rings is 1. The summed E-state index contributed by atoms with van der Waals surface area (Å²) in [5.74, 6) is 0.262. The summed E-state index contributed by atoms with van der Waals surface area (Å²) < 4.78 is 32.5. The number of hydrogen-bond donors (Lipinski definition) is 1. The van der Waals surface area contributed by atoms with Gasteiger partial charge in [-0.2, -0.15) is 4.31 Å². The molecule has 132 valence electrons. The molecule has 1 atom stereocenters. The summed E-state index contributed by atoms with van der Waals surface area (Å²) in [4.78, 5) is 12.6. The molecule has 2 aromatic carbocycles. The molecule has 25 heavy (non-hydrogen) atoms. The van der Waals surface area contributed by atoms with Crippen LogP contribution >= 0.6 is 0 Å². The maximum Gasteiger partial charge on any atom is 0.244 e. The van der Waals surface area contributed by atoms with Crippen LogP contribution in [-0.2, 0) is 14.8 Å². The van der Waals surface area contributed by atoms with E-state index in [0.29, 0.717) is 11.3 Å². The van der Waals surface area contributed by atoms with E-state index in [1.807, 2.05) is 19.1 Å². The molecule has 1 aliphatic heterocycles. The van der Waals surface area contributed by atoms with Crippen LogP contribution in [0.3, 0.4) is 0 Å². The number of benzene rings is 2. The molecule has 0 aromatic heterocycles. The quantitative estimate of drug-likeness (QED) is 0.903. The zero-order valence-corrected chi connectivity index (χ0v) is 14.9.